The molecule has 0 amide bonds. The molecule has 0 aliphatic heterocycles. The number of nitrogens with zero attached hydrogens (tertiary/aromatic N) is 1. The molecule has 0 radical (unpaired) electrons. The van der Waals surface area contributed by atoms with Crippen LogP contribution >= 0.6 is 15.9 Å². The largest absolute Gasteiger partial charge is 0.364 e. The third-order valence-electron chi connectivity index (χ3n) is 2.63. The van der Waals surface area contributed by atoms with Gasteiger partial charge in [-0.2, -0.15) is 0 Å². The molecule has 0 bridgehead atoms. The summed E-state index contributed by atoms with van der Waals surface area (Å²) < 4.78 is 1.10. The number of anilines is 1. The molecule has 1 heterocycles. The maximum Gasteiger partial charge on any atom is 0.126 e. The lowest BCUT2D eigenvalue weighted by atomic mass is 10.1. The Kier molecular flexibility index (Phi) is 3.79. The van der Waals surface area contributed by atoms with Gasteiger partial charge in [0.2, 0.25) is 0 Å². The highest BCUT2D eigenvalue weighted by atomic mass is 79.9. The summed E-state index contributed by atoms with van der Waals surface area (Å²) in [6.45, 7) is 4.20. The number of hydrogen-bond donors (Lipinski definition) is 1. The number of aryl methyl sites for hydroxylation is 1. The average Bonchev–Trinajstić information content (AvgIpc) is 2.29. The quantitative estimate of drug-likeness (QED) is 0.910. The van der Waals surface area contributed by atoms with Crippen molar-refractivity contribution < 1.29 is 0 Å². The number of nitrogens with one attached hydrogen (secondary N) is 1. The van der Waals surface area contributed by atoms with Gasteiger partial charge in [-0.25, -0.2) is 4.98 Å². The number of pyridine rings is 1. The normalized spacial score (nSPS) is 12.2. The Bertz CT molecular complexity index is 511. The monoisotopic (exact) mass is 290 g/mol. The van der Waals surface area contributed by atoms with E-state index in [1.54, 1.807) is 0 Å². The maximum atomic E-state index is 4.30. The first-order chi connectivity index (χ1) is 8.15. The number of rotatable bonds is 3. The first-order valence-corrected chi connectivity index (χ1v) is 6.39. The molecule has 0 saturated carbocycles. The van der Waals surface area contributed by atoms with Gasteiger partial charge in [-0.15, -0.1) is 0 Å². The van der Waals surface area contributed by atoms with E-state index in [0.717, 1.165) is 10.3 Å². The highest BCUT2D eigenvalue weighted by molar-refractivity contribution is 9.10. The number of benzene rings is 1. The van der Waals surface area contributed by atoms with Gasteiger partial charge in [-0.05, 0) is 49.2 Å². The SMILES string of the molecule is Cc1ccnc(NC(C)c2cccc(Br)c2)c1. The Morgan fingerprint density at radius 2 is 2.06 bits per heavy atom. The van der Waals surface area contributed by atoms with Crippen LogP contribution in [0.5, 0.6) is 0 Å². The van der Waals surface area contributed by atoms with Gasteiger partial charge in [0.05, 0.1) is 0 Å². The van der Waals surface area contributed by atoms with E-state index in [2.05, 4.69) is 58.3 Å². The van der Waals surface area contributed by atoms with E-state index in [1.165, 1.54) is 11.1 Å². The van der Waals surface area contributed by atoms with Gasteiger partial charge in [0.15, 0.2) is 0 Å². The first kappa shape index (κ1) is 12.1. The number of aromatic nitrogens is 1. The molecule has 1 atom stereocenters. The summed E-state index contributed by atoms with van der Waals surface area (Å²) >= 11 is 3.48. The van der Waals surface area contributed by atoms with E-state index < -0.39 is 0 Å². The van der Waals surface area contributed by atoms with E-state index in [-0.39, 0.29) is 6.04 Å². The zero-order chi connectivity index (χ0) is 12.3. The average molecular weight is 291 g/mol. The molecule has 1 N–H and O–H groups in total. The molecule has 2 nitrogen and oxygen atoms in total. The fourth-order valence-electron chi connectivity index (χ4n) is 1.70. The van der Waals surface area contributed by atoms with Crippen molar-refractivity contribution in [1.82, 2.24) is 4.98 Å². The molecule has 0 aliphatic carbocycles. The topological polar surface area (TPSA) is 24.9 Å². The van der Waals surface area contributed by atoms with E-state index in [4.69, 9.17) is 0 Å². The van der Waals surface area contributed by atoms with Gasteiger partial charge in [0, 0.05) is 16.7 Å². The summed E-state index contributed by atoms with van der Waals surface area (Å²) in [6.07, 6.45) is 1.82. The fraction of sp³-hybridized carbons (Fsp3) is 0.214. The molecular formula is C14H15BrN2. The lowest BCUT2D eigenvalue weighted by molar-refractivity contribution is 0.873. The van der Waals surface area contributed by atoms with Crippen molar-refractivity contribution in [1.29, 1.82) is 0 Å². The van der Waals surface area contributed by atoms with Crippen LogP contribution in [-0.4, -0.2) is 4.98 Å². The van der Waals surface area contributed by atoms with Crippen LogP contribution in [-0.2, 0) is 0 Å². The van der Waals surface area contributed by atoms with Crippen LogP contribution in [0.3, 0.4) is 0 Å². The third kappa shape index (κ3) is 3.30. The molecule has 0 saturated heterocycles. The predicted octanol–water partition coefficient (Wildman–Crippen LogP) is 4.33. The molecule has 1 aromatic carbocycles. The minimum Gasteiger partial charge on any atom is -0.364 e. The minimum atomic E-state index is 0.238. The summed E-state index contributed by atoms with van der Waals surface area (Å²) in [6, 6.07) is 12.6. The van der Waals surface area contributed by atoms with E-state index in [9.17, 15) is 0 Å². The molecule has 0 aliphatic rings. The maximum absolute atomic E-state index is 4.30. The van der Waals surface area contributed by atoms with Gasteiger partial charge in [0.1, 0.15) is 5.82 Å². The zero-order valence-electron chi connectivity index (χ0n) is 9.94. The zero-order valence-corrected chi connectivity index (χ0v) is 11.5. The third-order valence-corrected chi connectivity index (χ3v) is 3.12. The molecule has 2 rings (SSSR count). The lowest BCUT2D eigenvalue weighted by Crippen LogP contribution is -2.07. The van der Waals surface area contributed by atoms with Crippen molar-refractivity contribution in [2.75, 3.05) is 5.32 Å². The summed E-state index contributed by atoms with van der Waals surface area (Å²) in [5.74, 6) is 0.914. The summed E-state index contributed by atoms with van der Waals surface area (Å²) in [7, 11) is 0. The highest BCUT2D eigenvalue weighted by Crippen LogP contribution is 2.21. The van der Waals surface area contributed by atoms with Gasteiger partial charge in [-0.1, -0.05) is 28.1 Å². The van der Waals surface area contributed by atoms with Crippen molar-refractivity contribution in [3.63, 3.8) is 0 Å². The van der Waals surface area contributed by atoms with Gasteiger partial charge >= 0.3 is 0 Å². The molecule has 0 fully saturated rings. The Labute approximate surface area is 110 Å². The molecule has 17 heavy (non-hydrogen) atoms. The van der Waals surface area contributed by atoms with Crippen molar-refractivity contribution in [3.8, 4) is 0 Å². The molecule has 88 valence electrons. The summed E-state index contributed by atoms with van der Waals surface area (Å²) in [4.78, 5) is 4.30. The molecule has 0 spiro atoms. The first-order valence-electron chi connectivity index (χ1n) is 5.60. The van der Waals surface area contributed by atoms with Crippen molar-refractivity contribution in [2.24, 2.45) is 0 Å². The fourth-order valence-corrected chi connectivity index (χ4v) is 2.11. The van der Waals surface area contributed by atoms with Crippen molar-refractivity contribution in [2.45, 2.75) is 19.9 Å². The molecule has 1 aromatic heterocycles. The standard InChI is InChI=1S/C14H15BrN2/c1-10-6-7-16-14(8-10)17-11(2)12-4-3-5-13(15)9-12/h3-9,11H,1-2H3,(H,16,17). The Balaban J connectivity index is 2.14. The van der Waals surface area contributed by atoms with Crippen LogP contribution in [0.4, 0.5) is 5.82 Å². The van der Waals surface area contributed by atoms with Gasteiger partial charge in [0.25, 0.3) is 0 Å². The van der Waals surface area contributed by atoms with Crippen molar-refractivity contribution >= 4 is 21.7 Å². The lowest BCUT2D eigenvalue weighted by Gasteiger charge is -2.15. The van der Waals surface area contributed by atoms with Crippen LogP contribution in [0, 0.1) is 6.92 Å². The number of hydrogen-bond acceptors (Lipinski definition) is 2. The van der Waals surface area contributed by atoms with Crippen LogP contribution < -0.4 is 5.32 Å². The second-order valence-electron chi connectivity index (χ2n) is 4.14. The van der Waals surface area contributed by atoms with E-state index in [1.807, 2.05) is 24.4 Å². The van der Waals surface area contributed by atoms with Gasteiger partial charge in [-0.3, -0.25) is 0 Å². The minimum absolute atomic E-state index is 0.238. The molecule has 2 aromatic rings. The Hall–Kier alpha value is -1.35. The van der Waals surface area contributed by atoms with Crippen LogP contribution in [0.25, 0.3) is 0 Å². The van der Waals surface area contributed by atoms with Crippen LogP contribution in [0.2, 0.25) is 0 Å². The summed E-state index contributed by atoms with van der Waals surface area (Å²) in [5, 5.41) is 3.39. The van der Waals surface area contributed by atoms with Crippen LogP contribution in [0.1, 0.15) is 24.1 Å². The summed E-state index contributed by atoms with van der Waals surface area (Å²) in [5.41, 5.74) is 2.45. The Morgan fingerprint density at radius 3 is 2.76 bits per heavy atom. The highest BCUT2D eigenvalue weighted by Gasteiger charge is 2.06. The van der Waals surface area contributed by atoms with E-state index in [0.29, 0.717) is 0 Å². The number of halogens is 1. The second-order valence-corrected chi connectivity index (χ2v) is 5.06. The van der Waals surface area contributed by atoms with Crippen molar-refractivity contribution in [3.05, 3.63) is 58.2 Å². The molecular weight excluding hydrogens is 276 g/mol. The Morgan fingerprint density at radius 1 is 1.24 bits per heavy atom. The molecule has 1 unspecified atom stereocenters. The van der Waals surface area contributed by atoms with Gasteiger partial charge < -0.3 is 5.32 Å². The second kappa shape index (κ2) is 5.32. The smallest absolute Gasteiger partial charge is 0.126 e. The molecule has 3 heteroatoms. The predicted molar refractivity (Wildman–Crippen MR) is 75.2 cm³/mol. The van der Waals surface area contributed by atoms with E-state index >= 15 is 0 Å². The van der Waals surface area contributed by atoms with Crippen LogP contribution in [0.15, 0.2) is 47.1 Å².